The number of nitrogens with zero attached hydrogens (tertiary/aromatic N) is 1. The molecule has 0 aliphatic heterocycles. The summed E-state index contributed by atoms with van der Waals surface area (Å²) in [4.78, 5) is 17.2. The maximum Gasteiger partial charge on any atom is 0.330 e. The number of rotatable bonds is 7. The normalized spacial score (nSPS) is 11.1. The smallest absolute Gasteiger partial charge is 0.330 e. The van der Waals surface area contributed by atoms with Crippen LogP contribution in [0.2, 0.25) is 0 Å². The Labute approximate surface area is 142 Å². The summed E-state index contributed by atoms with van der Waals surface area (Å²) in [7, 11) is 0. The molecule has 122 valence electrons. The summed E-state index contributed by atoms with van der Waals surface area (Å²) in [6, 6.07) is 8.60. The third-order valence-electron chi connectivity index (χ3n) is 3.58. The van der Waals surface area contributed by atoms with E-state index in [1.165, 1.54) is 22.1 Å². The van der Waals surface area contributed by atoms with Crippen molar-refractivity contribution in [2.24, 2.45) is 0 Å². The molecule has 2 aromatic rings. The van der Waals surface area contributed by atoms with E-state index < -0.39 is 0 Å². The first kappa shape index (κ1) is 17.4. The molecule has 1 heterocycles. The quantitative estimate of drug-likeness (QED) is 0.544. The molecule has 23 heavy (non-hydrogen) atoms. The molecule has 1 aromatic carbocycles. The SMILES string of the molecule is CCOC(=O)/C=C/CCc1sc(-c2ccc(CC)cc2)nc1C. The van der Waals surface area contributed by atoms with Gasteiger partial charge in [-0.3, -0.25) is 0 Å². The molecular weight excluding hydrogens is 306 g/mol. The number of carbonyl (C=O) groups excluding carboxylic acids is 1. The van der Waals surface area contributed by atoms with Crippen LogP contribution in [0.4, 0.5) is 0 Å². The topological polar surface area (TPSA) is 39.2 Å². The molecule has 1 aromatic heterocycles. The number of thiazole rings is 1. The average Bonchev–Trinajstić information content (AvgIpc) is 2.93. The number of carbonyl (C=O) groups is 1. The Bertz CT molecular complexity index is 671. The summed E-state index contributed by atoms with van der Waals surface area (Å²) >= 11 is 1.73. The van der Waals surface area contributed by atoms with Crippen molar-refractivity contribution < 1.29 is 9.53 Å². The van der Waals surface area contributed by atoms with E-state index in [-0.39, 0.29) is 5.97 Å². The Morgan fingerprint density at radius 3 is 2.65 bits per heavy atom. The molecule has 0 saturated carbocycles. The van der Waals surface area contributed by atoms with Crippen molar-refractivity contribution in [2.75, 3.05) is 6.61 Å². The second kappa shape index (κ2) is 8.63. The second-order valence-electron chi connectivity index (χ2n) is 5.27. The van der Waals surface area contributed by atoms with Crippen LogP contribution in [-0.2, 0) is 22.4 Å². The number of benzene rings is 1. The van der Waals surface area contributed by atoms with E-state index in [1.54, 1.807) is 18.3 Å². The molecule has 0 saturated heterocycles. The van der Waals surface area contributed by atoms with E-state index in [0.29, 0.717) is 6.61 Å². The third kappa shape index (κ3) is 5.03. The Hall–Kier alpha value is -1.94. The fourth-order valence-corrected chi connectivity index (χ4v) is 3.33. The molecule has 0 N–H and O–H groups in total. The largest absolute Gasteiger partial charge is 0.463 e. The van der Waals surface area contributed by atoms with E-state index in [9.17, 15) is 4.79 Å². The average molecular weight is 329 g/mol. The zero-order valence-electron chi connectivity index (χ0n) is 14.0. The molecule has 0 fully saturated rings. The van der Waals surface area contributed by atoms with Gasteiger partial charge < -0.3 is 4.74 Å². The minimum Gasteiger partial charge on any atom is -0.463 e. The Morgan fingerprint density at radius 2 is 2.00 bits per heavy atom. The van der Waals surface area contributed by atoms with Gasteiger partial charge in [0.2, 0.25) is 0 Å². The Morgan fingerprint density at radius 1 is 1.26 bits per heavy atom. The van der Waals surface area contributed by atoms with E-state index in [0.717, 1.165) is 30.0 Å². The first-order chi connectivity index (χ1) is 11.1. The van der Waals surface area contributed by atoms with Crippen molar-refractivity contribution in [3.8, 4) is 10.6 Å². The van der Waals surface area contributed by atoms with Gasteiger partial charge in [0.15, 0.2) is 0 Å². The first-order valence-electron chi connectivity index (χ1n) is 8.03. The van der Waals surface area contributed by atoms with Crippen LogP contribution in [0.15, 0.2) is 36.4 Å². The van der Waals surface area contributed by atoms with Gasteiger partial charge in [0.25, 0.3) is 0 Å². The number of aryl methyl sites for hydroxylation is 3. The van der Waals surface area contributed by atoms with Gasteiger partial charge in [0, 0.05) is 16.5 Å². The highest BCUT2D eigenvalue weighted by atomic mass is 32.1. The fourth-order valence-electron chi connectivity index (χ4n) is 2.25. The van der Waals surface area contributed by atoms with Crippen molar-refractivity contribution in [2.45, 2.75) is 40.0 Å². The molecule has 0 radical (unpaired) electrons. The predicted octanol–water partition coefficient (Wildman–Crippen LogP) is 4.73. The van der Waals surface area contributed by atoms with E-state index >= 15 is 0 Å². The summed E-state index contributed by atoms with van der Waals surface area (Å²) in [6.07, 6.45) is 6.13. The van der Waals surface area contributed by atoms with Crippen LogP contribution >= 0.6 is 11.3 Å². The summed E-state index contributed by atoms with van der Waals surface area (Å²) in [5.74, 6) is -0.273. The minimum absolute atomic E-state index is 0.273. The van der Waals surface area contributed by atoms with Crippen LogP contribution < -0.4 is 0 Å². The monoisotopic (exact) mass is 329 g/mol. The number of esters is 1. The van der Waals surface area contributed by atoms with Crippen molar-refractivity contribution >= 4 is 17.3 Å². The highest BCUT2D eigenvalue weighted by molar-refractivity contribution is 7.15. The van der Waals surface area contributed by atoms with Crippen LogP contribution in [-0.4, -0.2) is 17.6 Å². The van der Waals surface area contributed by atoms with Gasteiger partial charge in [-0.1, -0.05) is 37.3 Å². The molecule has 3 nitrogen and oxygen atoms in total. The minimum atomic E-state index is -0.273. The van der Waals surface area contributed by atoms with E-state index in [2.05, 4.69) is 36.2 Å². The lowest BCUT2D eigenvalue weighted by Gasteiger charge is -1.98. The second-order valence-corrected chi connectivity index (χ2v) is 6.35. The van der Waals surface area contributed by atoms with Crippen molar-refractivity contribution in [1.82, 2.24) is 4.98 Å². The molecule has 0 spiro atoms. The molecule has 4 heteroatoms. The van der Waals surface area contributed by atoms with Gasteiger partial charge in [-0.05, 0) is 38.7 Å². The molecule has 0 aliphatic carbocycles. The zero-order chi connectivity index (χ0) is 16.7. The van der Waals surface area contributed by atoms with Crippen LogP contribution in [0.1, 0.15) is 36.4 Å². The van der Waals surface area contributed by atoms with Crippen molar-refractivity contribution in [1.29, 1.82) is 0 Å². The summed E-state index contributed by atoms with van der Waals surface area (Å²) in [5, 5.41) is 1.06. The van der Waals surface area contributed by atoms with E-state index in [1.807, 2.05) is 13.0 Å². The highest BCUT2D eigenvalue weighted by Gasteiger charge is 2.09. The van der Waals surface area contributed by atoms with Crippen LogP contribution in [0.3, 0.4) is 0 Å². The summed E-state index contributed by atoms with van der Waals surface area (Å²) < 4.78 is 4.86. The number of hydrogen-bond acceptors (Lipinski definition) is 4. The van der Waals surface area contributed by atoms with Crippen LogP contribution in [0.25, 0.3) is 10.6 Å². The number of allylic oxidation sites excluding steroid dienone is 1. The fraction of sp³-hybridized carbons (Fsp3) is 0.368. The summed E-state index contributed by atoms with van der Waals surface area (Å²) in [5.41, 5.74) is 3.59. The van der Waals surface area contributed by atoms with Crippen molar-refractivity contribution in [3.63, 3.8) is 0 Å². The van der Waals surface area contributed by atoms with Gasteiger partial charge in [-0.2, -0.15) is 0 Å². The van der Waals surface area contributed by atoms with Gasteiger partial charge >= 0.3 is 5.97 Å². The molecule has 0 atom stereocenters. The molecule has 0 bridgehead atoms. The molecular formula is C19H23NO2S. The Balaban J connectivity index is 1.99. The molecule has 0 unspecified atom stereocenters. The van der Waals surface area contributed by atoms with Gasteiger partial charge in [0.05, 0.1) is 12.3 Å². The number of hydrogen-bond donors (Lipinski definition) is 0. The first-order valence-corrected chi connectivity index (χ1v) is 8.84. The van der Waals surface area contributed by atoms with Crippen molar-refractivity contribution in [3.05, 3.63) is 52.6 Å². The van der Waals surface area contributed by atoms with Gasteiger partial charge in [-0.15, -0.1) is 11.3 Å². The third-order valence-corrected chi connectivity index (χ3v) is 4.85. The highest BCUT2D eigenvalue weighted by Crippen LogP contribution is 2.29. The lowest BCUT2D eigenvalue weighted by molar-refractivity contribution is -0.137. The van der Waals surface area contributed by atoms with Gasteiger partial charge in [0.1, 0.15) is 5.01 Å². The lowest BCUT2D eigenvalue weighted by atomic mass is 10.1. The van der Waals surface area contributed by atoms with Crippen LogP contribution in [0, 0.1) is 6.92 Å². The number of ether oxygens (including phenoxy) is 1. The molecule has 0 aliphatic rings. The summed E-state index contributed by atoms with van der Waals surface area (Å²) in [6.45, 7) is 6.42. The van der Waals surface area contributed by atoms with Gasteiger partial charge in [-0.25, -0.2) is 9.78 Å². The number of aromatic nitrogens is 1. The Kier molecular flexibility index (Phi) is 6.53. The maximum absolute atomic E-state index is 11.2. The standard InChI is InChI=1S/C19H23NO2S/c1-4-15-10-12-16(13-11-15)19-20-14(3)17(23-19)8-6-7-9-18(21)22-5-2/h7,9-13H,4-6,8H2,1-3H3/b9-7+. The lowest BCUT2D eigenvalue weighted by Crippen LogP contribution is -1.98. The maximum atomic E-state index is 11.2. The molecule has 2 rings (SSSR count). The molecule has 0 amide bonds. The van der Waals surface area contributed by atoms with Crippen LogP contribution in [0.5, 0.6) is 0 Å². The van der Waals surface area contributed by atoms with E-state index in [4.69, 9.17) is 4.74 Å². The zero-order valence-corrected chi connectivity index (χ0v) is 14.8. The predicted molar refractivity (Wildman–Crippen MR) is 95.8 cm³/mol.